The summed E-state index contributed by atoms with van der Waals surface area (Å²) in [6.45, 7) is 0.890. The lowest BCUT2D eigenvalue weighted by Gasteiger charge is -2.47. The van der Waals surface area contributed by atoms with Gasteiger partial charge in [-0.2, -0.15) is 0 Å². The Morgan fingerprint density at radius 2 is 1.97 bits per heavy atom. The summed E-state index contributed by atoms with van der Waals surface area (Å²) in [7, 11) is 0. The fourth-order valence-electron chi connectivity index (χ4n) is 4.36. The van der Waals surface area contributed by atoms with Crippen molar-refractivity contribution < 1.29 is 23.8 Å². The van der Waals surface area contributed by atoms with Crippen LogP contribution in [0.25, 0.3) is 0 Å². The molecule has 2 aliphatic heterocycles. The number of amides is 2. The molecule has 2 amide bonds. The van der Waals surface area contributed by atoms with Gasteiger partial charge in [-0.25, -0.2) is 13.6 Å². The first-order valence-electron chi connectivity index (χ1n) is 10.1. The van der Waals surface area contributed by atoms with Gasteiger partial charge in [0.15, 0.2) is 0 Å². The van der Waals surface area contributed by atoms with Crippen LogP contribution in [0.5, 0.6) is 0 Å². The molecule has 30 heavy (non-hydrogen) atoms. The lowest BCUT2D eigenvalue weighted by molar-refractivity contribution is 0.0988. The van der Waals surface area contributed by atoms with E-state index in [-0.39, 0.29) is 29.5 Å². The Hall–Kier alpha value is -2.71. The van der Waals surface area contributed by atoms with Crippen LogP contribution in [0.4, 0.5) is 19.3 Å². The SMILES string of the molecule is O=C(NCc1ccc(F)c(CO)c1)N1CCC2(CC1)CC(O)c1cc(F)ccc1N2. The predicted octanol–water partition coefficient (Wildman–Crippen LogP) is 3.05. The zero-order chi connectivity index (χ0) is 21.3. The highest BCUT2D eigenvalue weighted by molar-refractivity contribution is 5.74. The summed E-state index contributed by atoms with van der Waals surface area (Å²) in [5.41, 5.74) is 1.90. The van der Waals surface area contributed by atoms with Crippen LogP contribution in [0.3, 0.4) is 0 Å². The zero-order valence-electron chi connectivity index (χ0n) is 16.5. The molecule has 8 heteroatoms. The van der Waals surface area contributed by atoms with E-state index < -0.39 is 18.5 Å². The molecule has 1 unspecified atom stereocenters. The number of urea groups is 1. The number of aliphatic hydroxyl groups is 2. The molecule has 2 aliphatic rings. The van der Waals surface area contributed by atoms with Crippen molar-refractivity contribution in [3.05, 3.63) is 64.7 Å². The maximum absolute atomic E-state index is 13.5. The van der Waals surface area contributed by atoms with Crippen molar-refractivity contribution in [2.45, 2.75) is 44.1 Å². The van der Waals surface area contributed by atoms with E-state index in [0.29, 0.717) is 43.5 Å². The molecule has 2 aromatic rings. The van der Waals surface area contributed by atoms with E-state index in [9.17, 15) is 18.7 Å². The molecule has 0 aromatic heterocycles. The molecular formula is C22H25F2N3O3. The highest BCUT2D eigenvalue weighted by Crippen LogP contribution is 2.42. The zero-order valence-corrected chi connectivity index (χ0v) is 16.5. The van der Waals surface area contributed by atoms with Crippen molar-refractivity contribution in [3.63, 3.8) is 0 Å². The monoisotopic (exact) mass is 417 g/mol. The summed E-state index contributed by atoms with van der Waals surface area (Å²) < 4.78 is 27.0. The summed E-state index contributed by atoms with van der Waals surface area (Å²) in [6.07, 6.45) is 1.06. The molecule has 1 spiro atoms. The number of nitrogens with zero attached hydrogens (tertiary/aromatic N) is 1. The highest BCUT2D eigenvalue weighted by atomic mass is 19.1. The van der Waals surface area contributed by atoms with E-state index >= 15 is 0 Å². The van der Waals surface area contributed by atoms with Crippen molar-refractivity contribution in [2.75, 3.05) is 18.4 Å². The minimum atomic E-state index is -0.739. The van der Waals surface area contributed by atoms with Gasteiger partial charge in [-0.15, -0.1) is 0 Å². The number of rotatable bonds is 3. The number of benzene rings is 2. The standard InChI is InChI=1S/C22H25F2N3O3/c23-16-2-4-19-17(10-16)20(29)11-22(26-19)5-7-27(8-6-22)21(30)25-12-14-1-3-18(24)15(9-14)13-28/h1-4,9-10,20,26,28-29H,5-8,11-13H2,(H,25,30). The number of piperidine rings is 1. The number of anilines is 1. The van der Waals surface area contributed by atoms with Gasteiger partial charge in [0.05, 0.1) is 12.7 Å². The first kappa shape index (κ1) is 20.6. The number of hydrogen-bond donors (Lipinski definition) is 4. The van der Waals surface area contributed by atoms with Crippen LogP contribution in [0.1, 0.15) is 42.1 Å². The summed E-state index contributed by atoms with van der Waals surface area (Å²) >= 11 is 0. The summed E-state index contributed by atoms with van der Waals surface area (Å²) in [6, 6.07) is 8.57. The van der Waals surface area contributed by atoms with Crippen molar-refractivity contribution in [1.82, 2.24) is 10.2 Å². The third-order valence-electron chi connectivity index (χ3n) is 6.09. The third kappa shape index (κ3) is 4.11. The van der Waals surface area contributed by atoms with Crippen LogP contribution in [0, 0.1) is 11.6 Å². The maximum atomic E-state index is 13.5. The molecule has 160 valence electrons. The van der Waals surface area contributed by atoms with Gasteiger partial charge in [-0.05, 0) is 48.7 Å². The van der Waals surface area contributed by atoms with Crippen molar-refractivity contribution >= 4 is 11.7 Å². The molecule has 0 aliphatic carbocycles. The Balaban J connectivity index is 1.34. The third-order valence-corrected chi connectivity index (χ3v) is 6.09. The van der Waals surface area contributed by atoms with Gasteiger partial charge in [-0.3, -0.25) is 0 Å². The molecule has 1 atom stereocenters. The predicted molar refractivity (Wildman–Crippen MR) is 108 cm³/mol. The second-order valence-corrected chi connectivity index (χ2v) is 8.09. The molecule has 1 fully saturated rings. The lowest BCUT2D eigenvalue weighted by Crippen LogP contribution is -2.54. The summed E-state index contributed by atoms with van der Waals surface area (Å²) in [4.78, 5) is 14.3. The van der Waals surface area contributed by atoms with Crippen molar-refractivity contribution in [3.8, 4) is 0 Å². The van der Waals surface area contributed by atoms with Gasteiger partial charge < -0.3 is 25.7 Å². The fraction of sp³-hybridized carbons (Fsp3) is 0.409. The Labute approximate surface area is 173 Å². The van der Waals surface area contributed by atoms with Gasteiger partial charge in [-0.1, -0.05) is 6.07 Å². The van der Waals surface area contributed by atoms with Gasteiger partial charge in [0.2, 0.25) is 0 Å². The van der Waals surface area contributed by atoms with Gasteiger partial charge in [0.25, 0.3) is 0 Å². The van der Waals surface area contributed by atoms with Gasteiger partial charge >= 0.3 is 6.03 Å². The molecular weight excluding hydrogens is 392 g/mol. The number of hydrogen-bond acceptors (Lipinski definition) is 4. The van der Waals surface area contributed by atoms with Gasteiger partial charge in [0, 0.05) is 48.4 Å². The fourth-order valence-corrected chi connectivity index (χ4v) is 4.36. The molecule has 6 nitrogen and oxygen atoms in total. The van der Waals surface area contributed by atoms with E-state index in [1.807, 2.05) is 0 Å². The smallest absolute Gasteiger partial charge is 0.317 e. The Morgan fingerprint density at radius 1 is 1.20 bits per heavy atom. The Bertz CT molecular complexity index is 945. The van der Waals surface area contributed by atoms with Crippen molar-refractivity contribution in [2.24, 2.45) is 0 Å². The molecule has 4 rings (SSSR count). The van der Waals surface area contributed by atoms with E-state index in [0.717, 1.165) is 5.69 Å². The molecule has 0 radical (unpaired) electrons. The van der Waals surface area contributed by atoms with Crippen LogP contribution in [0.2, 0.25) is 0 Å². The molecule has 0 bridgehead atoms. The maximum Gasteiger partial charge on any atom is 0.317 e. The number of likely N-dealkylation sites (tertiary alicyclic amines) is 1. The minimum absolute atomic E-state index is 0.198. The quantitative estimate of drug-likeness (QED) is 0.619. The van der Waals surface area contributed by atoms with E-state index in [4.69, 9.17) is 5.11 Å². The van der Waals surface area contributed by atoms with Crippen LogP contribution >= 0.6 is 0 Å². The molecule has 2 aromatic carbocycles. The number of carbonyl (C=O) groups is 1. The number of halogens is 2. The van der Waals surface area contributed by atoms with Crippen molar-refractivity contribution in [1.29, 1.82) is 0 Å². The normalized spacial score (nSPS) is 19.9. The molecule has 0 saturated carbocycles. The molecule has 4 N–H and O–H groups in total. The first-order chi connectivity index (χ1) is 14.4. The second kappa shape index (κ2) is 8.20. The topological polar surface area (TPSA) is 84.8 Å². The average Bonchev–Trinajstić information content (AvgIpc) is 2.74. The first-order valence-corrected chi connectivity index (χ1v) is 10.1. The number of aliphatic hydroxyl groups excluding tert-OH is 2. The molecule has 2 heterocycles. The van der Waals surface area contributed by atoms with Crippen LogP contribution in [-0.2, 0) is 13.2 Å². The minimum Gasteiger partial charge on any atom is -0.392 e. The Kier molecular flexibility index (Phi) is 5.62. The lowest BCUT2D eigenvalue weighted by atomic mass is 9.77. The van der Waals surface area contributed by atoms with Crippen LogP contribution in [-0.4, -0.2) is 39.8 Å². The number of carbonyl (C=O) groups excluding carboxylic acids is 1. The van der Waals surface area contributed by atoms with Gasteiger partial charge in [0.1, 0.15) is 11.6 Å². The highest BCUT2D eigenvalue weighted by Gasteiger charge is 2.41. The second-order valence-electron chi connectivity index (χ2n) is 8.09. The van der Waals surface area contributed by atoms with E-state index in [1.165, 1.54) is 24.3 Å². The summed E-state index contributed by atoms with van der Waals surface area (Å²) in [5.74, 6) is -0.843. The number of fused-ring (bicyclic) bond motifs is 1. The van der Waals surface area contributed by atoms with Crippen LogP contribution in [0.15, 0.2) is 36.4 Å². The largest absolute Gasteiger partial charge is 0.392 e. The summed E-state index contributed by atoms with van der Waals surface area (Å²) in [5, 5.41) is 26.0. The molecule has 1 saturated heterocycles. The van der Waals surface area contributed by atoms with E-state index in [1.54, 1.807) is 17.0 Å². The number of nitrogens with one attached hydrogen (secondary N) is 2. The average molecular weight is 417 g/mol. The Morgan fingerprint density at radius 3 is 2.70 bits per heavy atom. The van der Waals surface area contributed by atoms with E-state index in [2.05, 4.69) is 10.6 Å². The van der Waals surface area contributed by atoms with Crippen LogP contribution < -0.4 is 10.6 Å².